The molecular weight excluding hydrogens is 406 g/mol. The standard InChI is InChI=1S/C25H31N3O2S/c1-17-10-13-21(30-4)22-23(17)31-25(26-22)28(15-7-14-27(2)3)24(29)20-12-11-18-8-5-6-9-19(18)16-20/h10-13,16H,5-9,14-15H2,1-4H3. The van der Waals surface area contributed by atoms with E-state index in [0.717, 1.165) is 58.0 Å². The topological polar surface area (TPSA) is 45.7 Å². The first-order valence-corrected chi connectivity index (χ1v) is 11.8. The third-order valence-corrected chi connectivity index (χ3v) is 7.18. The molecule has 3 aromatic rings. The van der Waals surface area contributed by atoms with E-state index in [1.165, 1.54) is 24.0 Å². The second kappa shape index (κ2) is 9.37. The summed E-state index contributed by atoms with van der Waals surface area (Å²) in [6.07, 6.45) is 5.51. The molecule has 0 spiro atoms. The lowest BCUT2D eigenvalue weighted by atomic mass is 9.90. The number of benzene rings is 2. The summed E-state index contributed by atoms with van der Waals surface area (Å²) in [6.45, 7) is 3.63. The minimum atomic E-state index is 0.0304. The fourth-order valence-electron chi connectivity index (χ4n) is 4.23. The first kappa shape index (κ1) is 21.8. The highest BCUT2D eigenvalue weighted by molar-refractivity contribution is 7.22. The predicted molar refractivity (Wildman–Crippen MR) is 129 cm³/mol. The minimum absolute atomic E-state index is 0.0304. The van der Waals surface area contributed by atoms with Gasteiger partial charge in [0.05, 0.1) is 11.8 Å². The molecule has 0 fully saturated rings. The number of nitrogens with zero attached hydrogens (tertiary/aromatic N) is 3. The van der Waals surface area contributed by atoms with Crippen molar-refractivity contribution in [1.29, 1.82) is 0 Å². The number of carbonyl (C=O) groups excluding carboxylic acids is 1. The number of hydrogen-bond acceptors (Lipinski definition) is 5. The van der Waals surface area contributed by atoms with E-state index in [0.29, 0.717) is 6.54 Å². The van der Waals surface area contributed by atoms with E-state index >= 15 is 0 Å². The number of anilines is 1. The van der Waals surface area contributed by atoms with E-state index in [9.17, 15) is 4.79 Å². The van der Waals surface area contributed by atoms with Gasteiger partial charge < -0.3 is 9.64 Å². The van der Waals surface area contributed by atoms with Gasteiger partial charge in [0.2, 0.25) is 0 Å². The predicted octanol–water partition coefficient (Wildman–Crippen LogP) is 5.09. The van der Waals surface area contributed by atoms with Crippen LogP contribution in [0, 0.1) is 6.92 Å². The molecular formula is C25H31N3O2S. The second-order valence-electron chi connectivity index (χ2n) is 8.56. The van der Waals surface area contributed by atoms with Crippen LogP contribution in [-0.4, -0.2) is 50.1 Å². The van der Waals surface area contributed by atoms with Crippen molar-refractivity contribution in [3.05, 3.63) is 52.6 Å². The lowest BCUT2D eigenvalue weighted by Gasteiger charge is -2.22. The van der Waals surface area contributed by atoms with Crippen molar-refractivity contribution in [1.82, 2.24) is 9.88 Å². The highest BCUT2D eigenvalue weighted by Gasteiger charge is 2.24. The van der Waals surface area contributed by atoms with Crippen LogP contribution < -0.4 is 9.64 Å². The van der Waals surface area contributed by atoms with Crippen LogP contribution in [0.2, 0.25) is 0 Å². The number of hydrogen-bond donors (Lipinski definition) is 0. The Labute approximate surface area is 188 Å². The third-order valence-electron chi connectivity index (χ3n) is 5.97. The molecule has 0 saturated carbocycles. The molecule has 0 aliphatic heterocycles. The summed E-state index contributed by atoms with van der Waals surface area (Å²) < 4.78 is 6.60. The average Bonchev–Trinajstić information content (AvgIpc) is 3.22. The fourth-order valence-corrected chi connectivity index (χ4v) is 5.31. The number of aryl methyl sites for hydroxylation is 3. The van der Waals surface area contributed by atoms with Crippen molar-refractivity contribution in [2.24, 2.45) is 0 Å². The first-order chi connectivity index (χ1) is 15.0. The summed E-state index contributed by atoms with van der Waals surface area (Å²) in [5, 5.41) is 0.740. The Kier molecular flexibility index (Phi) is 6.58. The van der Waals surface area contributed by atoms with Crippen LogP contribution >= 0.6 is 11.3 Å². The molecule has 4 rings (SSSR count). The Bertz CT molecular complexity index is 1090. The zero-order valence-electron chi connectivity index (χ0n) is 18.9. The molecule has 0 saturated heterocycles. The summed E-state index contributed by atoms with van der Waals surface area (Å²) >= 11 is 1.57. The van der Waals surface area contributed by atoms with Crippen LogP contribution in [0.4, 0.5) is 5.13 Å². The highest BCUT2D eigenvalue weighted by Crippen LogP contribution is 2.37. The van der Waals surface area contributed by atoms with Crippen LogP contribution in [0.1, 0.15) is 46.3 Å². The fraction of sp³-hybridized carbons (Fsp3) is 0.440. The average molecular weight is 438 g/mol. The highest BCUT2D eigenvalue weighted by atomic mass is 32.1. The molecule has 164 valence electrons. The van der Waals surface area contributed by atoms with Crippen molar-refractivity contribution < 1.29 is 9.53 Å². The van der Waals surface area contributed by atoms with Gasteiger partial charge in [-0.3, -0.25) is 9.69 Å². The molecule has 1 heterocycles. The van der Waals surface area contributed by atoms with E-state index < -0.39 is 0 Å². The van der Waals surface area contributed by atoms with E-state index in [2.05, 4.69) is 38.1 Å². The van der Waals surface area contributed by atoms with Crippen molar-refractivity contribution in [3.63, 3.8) is 0 Å². The Morgan fingerprint density at radius 2 is 1.87 bits per heavy atom. The lowest BCUT2D eigenvalue weighted by Crippen LogP contribution is -2.33. The Hall–Kier alpha value is -2.44. The first-order valence-electron chi connectivity index (χ1n) is 11.0. The molecule has 1 aliphatic rings. The smallest absolute Gasteiger partial charge is 0.260 e. The SMILES string of the molecule is COc1ccc(C)c2sc(N(CCCN(C)C)C(=O)c3ccc4c(c3)CCCC4)nc12. The molecule has 31 heavy (non-hydrogen) atoms. The van der Waals surface area contributed by atoms with E-state index in [-0.39, 0.29) is 5.91 Å². The van der Waals surface area contributed by atoms with Crippen molar-refractivity contribution in [2.45, 2.75) is 39.0 Å². The van der Waals surface area contributed by atoms with Gasteiger partial charge in [-0.1, -0.05) is 23.5 Å². The minimum Gasteiger partial charge on any atom is -0.494 e. The van der Waals surface area contributed by atoms with Gasteiger partial charge in [-0.2, -0.15) is 0 Å². The van der Waals surface area contributed by atoms with Crippen molar-refractivity contribution in [3.8, 4) is 5.75 Å². The molecule has 5 nitrogen and oxygen atoms in total. The summed E-state index contributed by atoms with van der Waals surface area (Å²) in [5.41, 5.74) is 5.45. The molecule has 2 aromatic carbocycles. The molecule has 0 N–H and O–H groups in total. The molecule has 0 radical (unpaired) electrons. The largest absolute Gasteiger partial charge is 0.494 e. The Balaban J connectivity index is 1.71. The third kappa shape index (κ3) is 4.60. The molecule has 6 heteroatoms. The monoisotopic (exact) mass is 437 g/mol. The van der Waals surface area contributed by atoms with Crippen LogP contribution in [-0.2, 0) is 12.8 Å². The molecule has 0 bridgehead atoms. The van der Waals surface area contributed by atoms with Gasteiger partial charge in [0.15, 0.2) is 5.13 Å². The van der Waals surface area contributed by atoms with Gasteiger partial charge >= 0.3 is 0 Å². The summed E-state index contributed by atoms with van der Waals surface area (Å²) in [6, 6.07) is 10.2. The van der Waals surface area contributed by atoms with Crippen LogP contribution in [0.15, 0.2) is 30.3 Å². The number of ether oxygens (including phenoxy) is 1. The zero-order chi connectivity index (χ0) is 22.0. The lowest BCUT2D eigenvalue weighted by molar-refractivity contribution is 0.0986. The summed E-state index contributed by atoms with van der Waals surface area (Å²) in [5.74, 6) is 0.778. The quantitative estimate of drug-likeness (QED) is 0.516. The molecule has 1 amide bonds. The second-order valence-corrected chi connectivity index (χ2v) is 9.54. The Morgan fingerprint density at radius 3 is 2.61 bits per heavy atom. The van der Waals surface area contributed by atoms with Gasteiger partial charge in [0, 0.05) is 12.1 Å². The van der Waals surface area contributed by atoms with Gasteiger partial charge in [-0.05, 0) is 94.6 Å². The summed E-state index contributed by atoms with van der Waals surface area (Å²) in [4.78, 5) is 22.5. The normalized spacial score (nSPS) is 13.5. The van der Waals surface area contributed by atoms with E-state index in [1.807, 2.05) is 23.1 Å². The van der Waals surface area contributed by atoms with Crippen LogP contribution in [0.25, 0.3) is 10.2 Å². The molecule has 1 aromatic heterocycles. The maximum atomic E-state index is 13.7. The Morgan fingerprint density at radius 1 is 1.10 bits per heavy atom. The van der Waals surface area contributed by atoms with Gasteiger partial charge in [-0.15, -0.1) is 0 Å². The van der Waals surface area contributed by atoms with Gasteiger partial charge in [-0.25, -0.2) is 4.98 Å². The van der Waals surface area contributed by atoms with Gasteiger partial charge in [0.1, 0.15) is 11.3 Å². The number of thiazole rings is 1. The van der Waals surface area contributed by atoms with Crippen LogP contribution in [0.5, 0.6) is 5.75 Å². The zero-order valence-corrected chi connectivity index (χ0v) is 19.7. The van der Waals surface area contributed by atoms with E-state index in [1.54, 1.807) is 18.4 Å². The number of fused-ring (bicyclic) bond motifs is 2. The maximum Gasteiger partial charge on any atom is 0.260 e. The molecule has 0 atom stereocenters. The van der Waals surface area contributed by atoms with E-state index in [4.69, 9.17) is 9.72 Å². The number of rotatable bonds is 7. The van der Waals surface area contributed by atoms with Crippen LogP contribution in [0.3, 0.4) is 0 Å². The summed E-state index contributed by atoms with van der Waals surface area (Å²) in [7, 11) is 5.78. The maximum absolute atomic E-state index is 13.7. The number of amides is 1. The van der Waals surface area contributed by atoms with Gasteiger partial charge in [0.25, 0.3) is 5.91 Å². The van der Waals surface area contributed by atoms with Crippen molar-refractivity contribution >= 4 is 32.6 Å². The molecule has 0 unspecified atom stereocenters. The van der Waals surface area contributed by atoms with Crippen molar-refractivity contribution in [2.75, 3.05) is 39.2 Å². The number of carbonyl (C=O) groups is 1. The number of aromatic nitrogens is 1. The number of methoxy groups -OCH3 is 1. The molecule has 1 aliphatic carbocycles.